The lowest BCUT2D eigenvalue weighted by Gasteiger charge is -2.16. The van der Waals surface area contributed by atoms with Crippen LogP contribution in [0.2, 0.25) is 5.02 Å². The van der Waals surface area contributed by atoms with Crippen molar-refractivity contribution in [2.24, 2.45) is 0 Å². The Bertz CT molecular complexity index is 1260. The number of hydrogen-bond acceptors (Lipinski definition) is 6. The van der Waals surface area contributed by atoms with Crippen LogP contribution in [0.15, 0.2) is 52.8 Å². The summed E-state index contributed by atoms with van der Waals surface area (Å²) in [4.78, 5) is 42.1. The summed E-state index contributed by atoms with van der Waals surface area (Å²) in [6.07, 6.45) is 0.680. The Morgan fingerprint density at radius 3 is 2.37 bits per heavy atom. The average Bonchev–Trinajstić information content (AvgIpc) is 2.73. The second-order valence-electron chi connectivity index (χ2n) is 6.83. The van der Waals surface area contributed by atoms with Gasteiger partial charge in [0.1, 0.15) is 16.8 Å². The predicted octanol–water partition coefficient (Wildman–Crippen LogP) is 3.64. The Labute approximate surface area is 176 Å². The minimum atomic E-state index is -0.709. The number of ether oxygens (including phenoxy) is 1. The van der Waals surface area contributed by atoms with Gasteiger partial charge in [0.25, 0.3) is 5.56 Å². The highest BCUT2D eigenvalue weighted by Crippen LogP contribution is 2.27. The summed E-state index contributed by atoms with van der Waals surface area (Å²) in [6, 6.07) is 11.7. The molecule has 0 unspecified atom stereocenters. The van der Waals surface area contributed by atoms with E-state index in [0.29, 0.717) is 23.4 Å². The lowest BCUT2D eigenvalue weighted by Crippen LogP contribution is -2.27. The first-order valence-electron chi connectivity index (χ1n) is 9.28. The number of para-hydroxylation sites is 1. The van der Waals surface area contributed by atoms with E-state index < -0.39 is 28.6 Å². The molecule has 1 heterocycles. The maximum Gasteiger partial charge on any atom is 0.285 e. The van der Waals surface area contributed by atoms with Gasteiger partial charge in [-0.05, 0) is 42.8 Å². The molecule has 3 aromatic rings. The van der Waals surface area contributed by atoms with E-state index in [1.807, 2.05) is 0 Å². The van der Waals surface area contributed by atoms with Crippen molar-refractivity contribution in [2.45, 2.75) is 19.3 Å². The fourth-order valence-corrected chi connectivity index (χ4v) is 3.72. The van der Waals surface area contributed by atoms with E-state index in [0.717, 1.165) is 0 Å². The fourth-order valence-electron chi connectivity index (χ4n) is 3.51. The zero-order valence-corrected chi connectivity index (χ0v) is 16.8. The predicted molar refractivity (Wildman–Crippen MR) is 112 cm³/mol. The van der Waals surface area contributed by atoms with Crippen LogP contribution in [-0.4, -0.2) is 33.3 Å². The van der Waals surface area contributed by atoms with Crippen LogP contribution in [0.3, 0.4) is 0 Å². The second-order valence-corrected chi connectivity index (χ2v) is 7.24. The van der Waals surface area contributed by atoms with Crippen molar-refractivity contribution in [1.82, 2.24) is 9.55 Å². The largest absolute Gasteiger partial charge is 0.505 e. The van der Waals surface area contributed by atoms with E-state index in [-0.39, 0.29) is 29.0 Å². The van der Waals surface area contributed by atoms with Crippen LogP contribution in [0.1, 0.15) is 25.0 Å². The van der Waals surface area contributed by atoms with Gasteiger partial charge in [0, 0.05) is 18.5 Å². The quantitative estimate of drug-likeness (QED) is 0.391. The molecule has 8 heteroatoms. The number of aromatic nitrogens is 2. The third kappa shape index (κ3) is 3.27. The molecule has 0 atom stereocenters. The lowest BCUT2D eigenvalue weighted by atomic mass is 9.90. The topological polar surface area (TPSA) is 98.5 Å². The molecule has 0 spiro atoms. The number of hydrogen-bond donors (Lipinski definition) is 1. The minimum absolute atomic E-state index is 0.131. The molecule has 0 saturated heterocycles. The first-order valence-corrected chi connectivity index (χ1v) is 9.66. The van der Waals surface area contributed by atoms with Crippen LogP contribution >= 0.6 is 11.6 Å². The molecule has 0 radical (unpaired) electrons. The second kappa shape index (κ2) is 7.76. The Kier molecular flexibility index (Phi) is 5.13. The van der Waals surface area contributed by atoms with Crippen molar-refractivity contribution in [2.75, 3.05) is 7.11 Å². The number of fused-ring (bicyclic) bond motifs is 1. The van der Waals surface area contributed by atoms with E-state index in [9.17, 15) is 19.5 Å². The first kappa shape index (κ1) is 19.8. The Hall–Kier alpha value is -3.45. The van der Waals surface area contributed by atoms with Crippen LogP contribution < -0.4 is 10.3 Å². The number of nitrogens with zero attached hydrogens (tertiary/aromatic N) is 2. The third-order valence-corrected chi connectivity index (χ3v) is 5.30. The van der Waals surface area contributed by atoms with Gasteiger partial charge in [-0.1, -0.05) is 17.7 Å². The highest BCUT2D eigenvalue weighted by atomic mass is 35.5. The smallest absolute Gasteiger partial charge is 0.285 e. The maximum atomic E-state index is 13.4. The van der Waals surface area contributed by atoms with Gasteiger partial charge >= 0.3 is 0 Å². The van der Waals surface area contributed by atoms with Crippen molar-refractivity contribution in [1.29, 1.82) is 0 Å². The van der Waals surface area contributed by atoms with Crippen LogP contribution in [-0.2, 0) is 9.59 Å². The summed E-state index contributed by atoms with van der Waals surface area (Å²) in [6.45, 7) is 0. The van der Waals surface area contributed by atoms with Crippen molar-refractivity contribution in [3.63, 3.8) is 0 Å². The summed E-state index contributed by atoms with van der Waals surface area (Å²) >= 11 is 6.31. The van der Waals surface area contributed by atoms with Crippen LogP contribution in [0.4, 0.5) is 0 Å². The van der Waals surface area contributed by atoms with E-state index in [2.05, 4.69) is 4.98 Å². The first-order chi connectivity index (χ1) is 14.4. The molecule has 1 aliphatic carbocycles. The minimum Gasteiger partial charge on any atom is -0.505 e. The average molecular weight is 425 g/mol. The number of rotatable bonds is 3. The molecule has 7 nitrogen and oxygen atoms in total. The van der Waals surface area contributed by atoms with Gasteiger partial charge in [-0.3, -0.25) is 19.0 Å². The molecule has 1 aromatic heterocycles. The molecular weight excluding hydrogens is 408 g/mol. The highest BCUT2D eigenvalue weighted by molar-refractivity contribution is 6.35. The number of carbonyl (C=O) groups excluding carboxylic acids is 2. The molecule has 0 bridgehead atoms. The van der Waals surface area contributed by atoms with Gasteiger partial charge in [-0.25, -0.2) is 4.98 Å². The normalized spacial score (nSPS) is 14.3. The van der Waals surface area contributed by atoms with Crippen LogP contribution in [0, 0.1) is 0 Å². The number of aliphatic hydroxyl groups is 1. The van der Waals surface area contributed by atoms with E-state index in [1.54, 1.807) is 42.5 Å². The number of carbonyl (C=O) groups is 2. The maximum absolute atomic E-state index is 13.4. The molecule has 1 aliphatic rings. The summed E-state index contributed by atoms with van der Waals surface area (Å²) < 4.78 is 6.49. The van der Waals surface area contributed by atoms with E-state index in [1.165, 1.54) is 11.7 Å². The van der Waals surface area contributed by atoms with Gasteiger partial charge in [-0.15, -0.1) is 0 Å². The molecule has 30 heavy (non-hydrogen) atoms. The van der Waals surface area contributed by atoms with Crippen LogP contribution in [0.5, 0.6) is 5.75 Å². The molecule has 0 aliphatic heterocycles. The standard InChI is InChI=1S/C22H17ClN2O5/c1-30-13-10-8-12(9-11-13)25-15-5-2-4-14(23)19(15)24-20(22(25)29)21(28)18-16(26)6-3-7-17(18)27/h2,4-5,8-11,28H,3,6-7H2,1H3. The van der Waals surface area contributed by atoms with Gasteiger partial charge < -0.3 is 9.84 Å². The summed E-state index contributed by atoms with van der Waals surface area (Å²) in [5, 5.41) is 11.0. The summed E-state index contributed by atoms with van der Waals surface area (Å²) in [7, 11) is 1.53. The lowest BCUT2D eigenvalue weighted by molar-refractivity contribution is -0.123. The Balaban J connectivity index is 2.06. The van der Waals surface area contributed by atoms with E-state index in [4.69, 9.17) is 16.3 Å². The van der Waals surface area contributed by atoms with Crippen molar-refractivity contribution < 1.29 is 19.4 Å². The van der Waals surface area contributed by atoms with Crippen molar-refractivity contribution >= 4 is 40.0 Å². The van der Waals surface area contributed by atoms with Gasteiger partial charge in [-0.2, -0.15) is 0 Å². The number of Topliss-reactive ketones (excluding diaryl/α,β-unsaturated/α-hetero) is 2. The summed E-state index contributed by atoms with van der Waals surface area (Å²) in [5.41, 5.74) is -0.293. The zero-order valence-electron chi connectivity index (χ0n) is 16.0. The fraction of sp³-hybridized carbons (Fsp3) is 0.182. The van der Waals surface area contributed by atoms with Gasteiger partial charge in [0.05, 0.1) is 17.6 Å². The number of ketones is 2. The van der Waals surface area contributed by atoms with Crippen molar-refractivity contribution in [3.05, 3.63) is 69.1 Å². The van der Waals surface area contributed by atoms with E-state index >= 15 is 0 Å². The summed E-state index contributed by atoms with van der Waals surface area (Å²) in [5.74, 6) is -1.11. The number of methoxy groups -OCH3 is 1. The van der Waals surface area contributed by atoms with Crippen LogP contribution in [0.25, 0.3) is 22.5 Å². The SMILES string of the molecule is COc1ccc(-n2c(=O)c(C(O)=C3C(=O)CCCC3=O)nc3c(Cl)cccc32)cc1. The monoisotopic (exact) mass is 424 g/mol. The molecule has 2 aromatic carbocycles. The number of allylic oxidation sites excluding steroid dienone is 1. The Morgan fingerprint density at radius 1 is 1.07 bits per heavy atom. The van der Waals surface area contributed by atoms with Gasteiger partial charge in [0.15, 0.2) is 23.0 Å². The number of benzene rings is 2. The molecule has 4 rings (SSSR count). The zero-order chi connectivity index (χ0) is 21.4. The molecule has 0 amide bonds. The van der Waals surface area contributed by atoms with Gasteiger partial charge in [0.2, 0.25) is 0 Å². The molecular formula is C22H17ClN2O5. The third-order valence-electron chi connectivity index (χ3n) is 4.99. The molecule has 1 fully saturated rings. The molecule has 1 saturated carbocycles. The number of aliphatic hydroxyl groups excluding tert-OH is 1. The number of halogens is 1. The molecule has 1 N–H and O–H groups in total. The highest BCUT2D eigenvalue weighted by Gasteiger charge is 2.30. The van der Waals surface area contributed by atoms with Crippen molar-refractivity contribution in [3.8, 4) is 11.4 Å². The molecule has 152 valence electrons. The Morgan fingerprint density at radius 2 is 1.73 bits per heavy atom.